The largest absolute Gasteiger partial charge is 0.465 e. The SMILES string of the molecule is COC(=O)c1cccc(N/C=C(/C#N)C(=O)Nc2ccc(NC(C)=O)cc2)c1. The lowest BCUT2D eigenvalue weighted by molar-refractivity contribution is -0.114. The molecule has 0 unspecified atom stereocenters. The molecule has 0 radical (unpaired) electrons. The second kappa shape index (κ2) is 9.54. The molecule has 0 atom stereocenters. The van der Waals surface area contributed by atoms with Crippen LogP contribution in [0.3, 0.4) is 0 Å². The van der Waals surface area contributed by atoms with Gasteiger partial charge in [0, 0.05) is 30.2 Å². The zero-order valence-corrected chi connectivity index (χ0v) is 15.3. The molecule has 0 aliphatic heterocycles. The molecule has 0 fully saturated rings. The smallest absolute Gasteiger partial charge is 0.337 e. The first-order valence-corrected chi connectivity index (χ1v) is 8.17. The van der Waals surface area contributed by atoms with E-state index in [1.165, 1.54) is 26.3 Å². The van der Waals surface area contributed by atoms with Gasteiger partial charge in [-0.1, -0.05) is 6.07 Å². The summed E-state index contributed by atoms with van der Waals surface area (Å²) in [6.07, 6.45) is 1.25. The fourth-order valence-electron chi connectivity index (χ4n) is 2.20. The summed E-state index contributed by atoms with van der Waals surface area (Å²) >= 11 is 0. The van der Waals surface area contributed by atoms with Gasteiger partial charge in [0.25, 0.3) is 5.91 Å². The molecule has 2 aromatic rings. The number of benzene rings is 2. The van der Waals surface area contributed by atoms with Gasteiger partial charge in [-0.05, 0) is 42.5 Å². The first-order chi connectivity index (χ1) is 13.4. The van der Waals surface area contributed by atoms with Crippen LogP contribution < -0.4 is 16.0 Å². The van der Waals surface area contributed by atoms with Crippen molar-refractivity contribution >= 4 is 34.8 Å². The summed E-state index contributed by atoms with van der Waals surface area (Å²) in [7, 11) is 1.28. The maximum Gasteiger partial charge on any atom is 0.337 e. The number of hydrogen-bond acceptors (Lipinski definition) is 6. The van der Waals surface area contributed by atoms with E-state index in [1.807, 2.05) is 6.07 Å². The molecule has 2 amide bonds. The van der Waals surface area contributed by atoms with Crippen LogP contribution >= 0.6 is 0 Å². The van der Waals surface area contributed by atoms with Crippen LogP contribution in [0.5, 0.6) is 0 Å². The van der Waals surface area contributed by atoms with Crippen molar-refractivity contribution in [3.8, 4) is 6.07 Å². The van der Waals surface area contributed by atoms with Gasteiger partial charge in [-0.2, -0.15) is 5.26 Å². The number of methoxy groups -OCH3 is 1. The van der Waals surface area contributed by atoms with Crippen molar-refractivity contribution in [2.45, 2.75) is 6.92 Å². The Hall–Kier alpha value is -4.12. The summed E-state index contributed by atoms with van der Waals surface area (Å²) in [6.45, 7) is 1.40. The molecule has 0 spiro atoms. The molecule has 0 saturated heterocycles. The number of carbonyl (C=O) groups excluding carboxylic acids is 3. The van der Waals surface area contributed by atoms with Crippen LogP contribution in [0.25, 0.3) is 0 Å². The fraction of sp³-hybridized carbons (Fsp3) is 0.100. The Balaban J connectivity index is 2.06. The van der Waals surface area contributed by atoms with E-state index in [4.69, 9.17) is 0 Å². The van der Waals surface area contributed by atoms with Crippen LogP contribution in [0.1, 0.15) is 17.3 Å². The van der Waals surface area contributed by atoms with Crippen molar-refractivity contribution in [3.63, 3.8) is 0 Å². The molecule has 0 heterocycles. The highest BCUT2D eigenvalue weighted by Gasteiger charge is 2.10. The molecule has 0 aliphatic rings. The molecule has 8 heteroatoms. The van der Waals surface area contributed by atoms with Crippen molar-refractivity contribution in [2.24, 2.45) is 0 Å². The van der Waals surface area contributed by atoms with Gasteiger partial charge in [-0.15, -0.1) is 0 Å². The normalized spacial score (nSPS) is 10.4. The van der Waals surface area contributed by atoms with Gasteiger partial charge in [0.05, 0.1) is 12.7 Å². The first-order valence-electron chi connectivity index (χ1n) is 8.17. The van der Waals surface area contributed by atoms with Crippen LogP contribution in [0.2, 0.25) is 0 Å². The third-order valence-corrected chi connectivity index (χ3v) is 3.50. The summed E-state index contributed by atoms with van der Waals surface area (Å²) in [6, 6.07) is 14.7. The second-order valence-electron chi connectivity index (χ2n) is 5.60. The van der Waals surface area contributed by atoms with E-state index in [0.717, 1.165) is 0 Å². The number of nitrogens with one attached hydrogen (secondary N) is 3. The summed E-state index contributed by atoms with van der Waals surface area (Å²) in [5, 5.41) is 17.3. The summed E-state index contributed by atoms with van der Waals surface area (Å²) in [4.78, 5) is 34.8. The highest BCUT2D eigenvalue weighted by Crippen LogP contribution is 2.15. The van der Waals surface area contributed by atoms with E-state index in [-0.39, 0.29) is 11.5 Å². The lowest BCUT2D eigenvalue weighted by Crippen LogP contribution is -2.14. The number of rotatable bonds is 6. The molecule has 0 aliphatic carbocycles. The van der Waals surface area contributed by atoms with Crippen molar-refractivity contribution < 1.29 is 19.1 Å². The Bertz CT molecular complexity index is 959. The van der Waals surface area contributed by atoms with Crippen LogP contribution in [-0.4, -0.2) is 24.9 Å². The number of nitriles is 1. The number of esters is 1. The highest BCUT2D eigenvalue weighted by atomic mass is 16.5. The van der Waals surface area contributed by atoms with E-state index in [1.54, 1.807) is 42.5 Å². The Morgan fingerprint density at radius 3 is 2.21 bits per heavy atom. The number of anilines is 3. The first kappa shape index (κ1) is 20.2. The molecule has 0 aromatic heterocycles. The zero-order valence-electron chi connectivity index (χ0n) is 15.3. The van der Waals surface area contributed by atoms with E-state index < -0.39 is 11.9 Å². The minimum atomic E-state index is -0.605. The van der Waals surface area contributed by atoms with Gasteiger partial charge in [-0.3, -0.25) is 9.59 Å². The molecule has 0 saturated carbocycles. The van der Waals surface area contributed by atoms with Crippen LogP contribution in [0.4, 0.5) is 17.1 Å². The monoisotopic (exact) mass is 378 g/mol. The Morgan fingerprint density at radius 2 is 1.64 bits per heavy atom. The third kappa shape index (κ3) is 5.71. The molecule has 8 nitrogen and oxygen atoms in total. The van der Waals surface area contributed by atoms with E-state index >= 15 is 0 Å². The number of carbonyl (C=O) groups is 3. The van der Waals surface area contributed by atoms with Crippen LogP contribution in [0, 0.1) is 11.3 Å². The standard InChI is InChI=1S/C20H18N4O4/c1-13(25)23-16-6-8-17(9-7-16)24-19(26)15(11-21)12-22-18-5-3-4-14(10-18)20(27)28-2/h3-10,12,22H,1-2H3,(H,23,25)(H,24,26)/b15-12-. The molecule has 3 N–H and O–H groups in total. The third-order valence-electron chi connectivity index (χ3n) is 3.50. The second-order valence-corrected chi connectivity index (χ2v) is 5.60. The average molecular weight is 378 g/mol. The molecular weight excluding hydrogens is 360 g/mol. The number of ether oxygens (including phenoxy) is 1. The molecule has 28 heavy (non-hydrogen) atoms. The average Bonchev–Trinajstić information content (AvgIpc) is 2.69. The van der Waals surface area contributed by atoms with Crippen molar-refractivity contribution in [2.75, 3.05) is 23.1 Å². The topological polar surface area (TPSA) is 120 Å². The predicted molar refractivity (Wildman–Crippen MR) is 104 cm³/mol. The van der Waals surface area contributed by atoms with E-state index in [0.29, 0.717) is 22.6 Å². The molecule has 2 rings (SSSR count). The summed E-state index contributed by atoms with van der Waals surface area (Å²) < 4.78 is 4.65. The highest BCUT2D eigenvalue weighted by molar-refractivity contribution is 6.06. The maximum absolute atomic E-state index is 12.3. The number of nitrogens with zero attached hydrogens (tertiary/aromatic N) is 1. The predicted octanol–water partition coefficient (Wildman–Crippen LogP) is 2.89. The van der Waals surface area contributed by atoms with Gasteiger partial charge < -0.3 is 20.7 Å². The minimum Gasteiger partial charge on any atom is -0.465 e. The van der Waals surface area contributed by atoms with E-state index in [2.05, 4.69) is 20.7 Å². The van der Waals surface area contributed by atoms with Crippen molar-refractivity contribution in [1.82, 2.24) is 0 Å². The fourth-order valence-corrected chi connectivity index (χ4v) is 2.20. The number of amides is 2. The van der Waals surface area contributed by atoms with Crippen LogP contribution in [-0.2, 0) is 14.3 Å². The number of hydrogen-bond donors (Lipinski definition) is 3. The van der Waals surface area contributed by atoms with E-state index in [9.17, 15) is 19.6 Å². The van der Waals surface area contributed by atoms with Gasteiger partial charge in [0.15, 0.2) is 0 Å². The van der Waals surface area contributed by atoms with Gasteiger partial charge in [-0.25, -0.2) is 4.79 Å². The molecule has 2 aromatic carbocycles. The molecule has 0 bridgehead atoms. The maximum atomic E-state index is 12.3. The van der Waals surface area contributed by atoms with Gasteiger partial charge >= 0.3 is 5.97 Å². The zero-order chi connectivity index (χ0) is 20.5. The molecule has 142 valence electrons. The Morgan fingerprint density at radius 1 is 1.00 bits per heavy atom. The summed E-state index contributed by atoms with van der Waals surface area (Å²) in [5.41, 5.74) is 1.75. The van der Waals surface area contributed by atoms with Crippen LogP contribution in [0.15, 0.2) is 60.3 Å². The minimum absolute atomic E-state index is 0.158. The Labute approximate surface area is 161 Å². The lowest BCUT2D eigenvalue weighted by Gasteiger charge is -2.07. The van der Waals surface area contributed by atoms with Gasteiger partial charge in [0.1, 0.15) is 11.6 Å². The van der Waals surface area contributed by atoms with Crippen molar-refractivity contribution in [1.29, 1.82) is 5.26 Å². The summed E-state index contributed by atoms with van der Waals surface area (Å²) in [5.74, 6) is -1.30. The Kier molecular flexibility index (Phi) is 6.88. The lowest BCUT2D eigenvalue weighted by atomic mass is 10.2. The van der Waals surface area contributed by atoms with Gasteiger partial charge in [0.2, 0.25) is 5.91 Å². The quantitative estimate of drug-likeness (QED) is 0.404. The molecular formula is C20H18N4O4. The van der Waals surface area contributed by atoms with Crippen molar-refractivity contribution in [3.05, 3.63) is 65.9 Å².